The molecule has 0 saturated carbocycles. The number of nitrogens with one attached hydrogen (secondary N) is 1. The molecule has 7 heteroatoms. The summed E-state index contributed by atoms with van der Waals surface area (Å²) in [6.45, 7) is 16.1. The molecule has 0 aliphatic carbocycles. The van der Waals surface area contributed by atoms with Crippen LogP contribution in [0.4, 0.5) is 5.69 Å². The Hall–Kier alpha value is -2.38. The number of hydrogen-bond acceptors (Lipinski definition) is 5. The lowest BCUT2D eigenvalue weighted by molar-refractivity contribution is -0.115. The molecule has 164 valence electrons. The second kappa shape index (κ2) is 9.40. The molecule has 3 rings (SSSR count). The zero-order valence-corrected chi connectivity index (χ0v) is 20.5. The highest BCUT2D eigenvalue weighted by Crippen LogP contribution is 2.31. The van der Waals surface area contributed by atoms with Crippen LogP contribution in [0.1, 0.15) is 48.3 Å². The number of thioether (sulfide) groups is 1. The number of aromatic nitrogens is 2. The van der Waals surface area contributed by atoms with Gasteiger partial charge in [-0.1, -0.05) is 49.9 Å². The van der Waals surface area contributed by atoms with Crippen molar-refractivity contribution in [2.75, 3.05) is 5.32 Å². The molecule has 31 heavy (non-hydrogen) atoms. The minimum Gasteiger partial charge on any atom is -0.325 e. The smallest absolute Gasteiger partial charge is 0.263 e. The number of anilines is 1. The molecule has 2 aromatic heterocycles. The molecule has 1 atom stereocenters. The Morgan fingerprint density at radius 1 is 1.29 bits per heavy atom. The lowest BCUT2D eigenvalue weighted by Gasteiger charge is -2.19. The fourth-order valence-corrected chi connectivity index (χ4v) is 5.46. The second-order valence-electron chi connectivity index (χ2n) is 8.01. The summed E-state index contributed by atoms with van der Waals surface area (Å²) in [6, 6.07) is 6.05. The Morgan fingerprint density at radius 3 is 2.65 bits per heavy atom. The fourth-order valence-electron chi connectivity index (χ4n) is 3.47. The van der Waals surface area contributed by atoms with Gasteiger partial charge in [-0.2, -0.15) is 0 Å². The van der Waals surface area contributed by atoms with Crippen LogP contribution in [0.15, 0.2) is 40.8 Å². The minimum absolute atomic E-state index is 0.0807. The minimum atomic E-state index is -0.429. The van der Waals surface area contributed by atoms with Gasteiger partial charge in [-0.15, -0.1) is 17.9 Å². The van der Waals surface area contributed by atoms with Crippen molar-refractivity contribution in [3.63, 3.8) is 0 Å². The monoisotopic (exact) mass is 455 g/mol. The third-order valence-electron chi connectivity index (χ3n) is 5.39. The van der Waals surface area contributed by atoms with Gasteiger partial charge in [0.1, 0.15) is 4.83 Å². The first-order valence-corrected chi connectivity index (χ1v) is 12.0. The zero-order chi connectivity index (χ0) is 22.9. The molecule has 0 radical (unpaired) electrons. The van der Waals surface area contributed by atoms with E-state index in [0.717, 1.165) is 32.1 Å². The van der Waals surface area contributed by atoms with E-state index in [9.17, 15) is 9.59 Å². The molecule has 1 aromatic carbocycles. The average Bonchev–Trinajstić information content (AvgIpc) is 2.99. The van der Waals surface area contributed by atoms with Crippen LogP contribution >= 0.6 is 23.1 Å². The third-order valence-corrected chi connectivity index (χ3v) is 7.58. The summed E-state index contributed by atoms with van der Waals surface area (Å²) in [5.41, 5.74) is 3.90. The Bertz CT molecular complexity index is 1210. The van der Waals surface area contributed by atoms with Crippen LogP contribution in [0.2, 0.25) is 0 Å². The van der Waals surface area contributed by atoms with Crippen molar-refractivity contribution in [2.24, 2.45) is 0 Å². The Balaban J connectivity index is 1.94. The molecule has 0 saturated heterocycles. The number of amides is 1. The summed E-state index contributed by atoms with van der Waals surface area (Å²) in [5.74, 6) is 0.185. The van der Waals surface area contributed by atoms with E-state index in [2.05, 4.69) is 25.7 Å². The molecule has 1 amide bonds. The Labute approximate surface area is 191 Å². The number of allylic oxidation sites excluding steroid dienone is 1. The Kier molecular flexibility index (Phi) is 7.06. The molecule has 5 nitrogen and oxygen atoms in total. The molecule has 3 aromatic rings. The van der Waals surface area contributed by atoms with Crippen LogP contribution in [-0.2, 0) is 11.3 Å². The van der Waals surface area contributed by atoms with Crippen LogP contribution in [0, 0.1) is 20.8 Å². The van der Waals surface area contributed by atoms with Crippen LogP contribution in [0.3, 0.4) is 0 Å². The fraction of sp³-hybridized carbons (Fsp3) is 0.375. The van der Waals surface area contributed by atoms with E-state index >= 15 is 0 Å². The molecule has 0 aliphatic heterocycles. The SMILES string of the molecule is C=CCn1c(SC(C)C(=O)Nc2c(C)cccc2C(C)C)nc2sc(C)c(C)c2c1=O. The Morgan fingerprint density at radius 2 is 2.00 bits per heavy atom. The molecular weight excluding hydrogens is 426 g/mol. The highest BCUT2D eigenvalue weighted by atomic mass is 32.2. The predicted molar refractivity (Wildman–Crippen MR) is 133 cm³/mol. The van der Waals surface area contributed by atoms with Gasteiger partial charge < -0.3 is 5.32 Å². The number of fused-ring (bicyclic) bond motifs is 1. The van der Waals surface area contributed by atoms with E-state index in [1.807, 2.05) is 45.9 Å². The molecule has 0 bridgehead atoms. The van der Waals surface area contributed by atoms with E-state index in [1.54, 1.807) is 10.6 Å². The lowest BCUT2D eigenvalue weighted by Crippen LogP contribution is -2.27. The number of nitrogens with zero attached hydrogens (tertiary/aromatic N) is 2. The van der Waals surface area contributed by atoms with Crippen LogP contribution in [0.25, 0.3) is 10.2 Å². The van der Waals surface area contributed by atoms with Crippen LogP contribution in [-0.4, -0.2) is 20.7 Å². The van der Waals surface area contributed by atoms with Gasteiger partial charge in [-0.3, -0.25) is 14.2 Å². The molecule has 1 N–H and O–H groups in total. The molecule has 1 unspecified atom stereocenters. The first kappa shape index (κ1) is 23.3. The molecule has 0 spiro atoms. The quantitative estimate of drug-likeness (QED) is 0.277. The van der Waals surface area contributed by atoms with Gasteiger partial charge in [0, 0.05) is 17.1 Å². The zero-order valence-electron chi connectivity index (χ0n) is 18.9. The van der Waals surface area contributed by atoms with Crippen molar-refractivity contribution in [3.8, 4) is 0 Å². The standard InChI is InChI=1S/C24H29N3O2S2/c1-8-12-27-23(29)19-15(5)16(6)30-22(19)26-24(27)31-17(7)21(28)25-20-14(4)10-9-11-18(20)13(2)3/h8-11,13,17H,1,12H2,2-7H3,(H,25,28). The van der Waals surface area contributed by atoms with Crippen LogP contribution < -0.4 is 10.9 Å². The molecular formula is C24H29N3O2S2. The van der Waals surface area contributed by atoms with Gasteiger partial charge >= 0.3 is 0 Å². The highest BCUT2D eigenvalue weighted by Gasteiger charge is 2.22. The van der Waals surface area contributed by atoms with Crippen molar-refractivity contribution in [1.82, 2.24) is 9.55 Å². The lowest BCUT2D eigenvalue weighted by atomic mass is 9.98. The van der Waals surface area contributed by atoms with Gasteiger partial charge in [0.2, 0.25) is 5.91 Å². The van der Waals surface area contributed by atoms with E-state index in [-0.39, 0.29) is 11.5 Å². The van der Waals surface area contributed by atoms with Crippen molar-refractivity contribution in [1.29, 1.82) is 0 Å². The summed E-state index contributed by atoms with van der Waals surface area (Å²) < 4.78 is 1.61. The van der Waals surface area contributed by atoms with Crippen molar-refractivity contribution in [2.45, 2.75) is 64.4 Å². The van der Waals surface area contributed by atoms with Gasteiger partial charge in [-0.25, -0.2) is 4.98 Å². The summed E-state index contributed by atoms with van der Waals surface area (Å²) in [5, 5.41) is 3.87. The first-order chi connectivity index (χ1) is 14.6. The maximum absolute atomic E-state index is 13.1. The maximum Gasteiger partial charge on any atom is 0.263 e. The number of carbonyl (C=O) groups is 1. The average molecular weight is 456 g/mol. The second-order valence-corrected chi connectivity index (χ2v) is 10.5. The van der Waals surface area contributed by atoms with Gasteiger partial charge in [-0.05, 0) is 50.3 Å². The number of rotatable bonds is 7. The van der Waals surface area contributed by atoms with Crippen molar-refractivity contribution in [3.05, 3.63) is 62.8 Å². The van der Waals surface area contributed by atoms with E-state index in [0.29, 0.717) is 23.0 Å². The normalized spacial score (nSPS) is 12.4. The summed E-state index contributed by atoms with van der Waals surface area (Å²) >= 11 is 2.82. The van der Waals surface area contributed by atoms with Crippen molar-refractivity contribution >= 4 is 44.9 Å². The summed E-state index contributed by atoms with van der Waals surface area (Å²) in [4.78, 5) is 32.7. The first-order valence-electron chi connectivity index (χ1n) is 10.3. The molecule has 2 heterocycles. The van der Waals surface area contributed by atoms with Gasteiger partial charge in [0.25, 0.3) is 5.56 Å². The van der Waals surface area contributed by atoms with E-state index in [4.69, 9.17) is 4.98 Å². The van der Waals surface area contributed by atoms with E-state index < -0.39 is 5.25 Å². The maximum atomic E-state index is 13.1. The molecule has 0 fully saturated rings. The number of aryl methyl sites for hydroxylation is 3. The number of hydrogen-bond donors (Lipinski definition) is 1. The largest absolute Gasteiger partial charge is 0.325 e. The molecule has 0 aliphatic rings. The van der Waals surface area contributed by atoms with Gasteiger partial charge in [0.05, 0.1) is 10.6 Å². The van der Waals surface area contributed by atoms with Crippen LogP contribution in [0.5, 0.6) is 0 Å². The van der Waals surface area contributed by atoms with E-state index in [1.165, 1.54) is 23.1 Å². The van der Waals surface area contributed by atoms with Crippen molar-refractivity contribution < 1.29 is 4.79 Å². The number of para-hydroxylation sites is 1. The third kappa shape index (κ3) is 4.62. The number of carbonyl (C=O) groups excluding carboxylic acids is 1. The summed E-state index contributed by atoms with van der Waals surface area (Å²) in [6.07, 6.45) is 1.68. The summed E-state index contributed by atoms with van der Waals surface area (Å²) in [7, 11) is 0. The number of thiophene rings is 1. The van der Waals surface area contributed by atoms with Gasteiger partial charge in [0.15, 0.2) is 5.16 Å². The predicted octanol–water partition coefficient (Wildman–Crippen LogP) is 5.81. The highest BCUT2D eigenvalue weighted by molar-refractivity contribution is 8.00. The topological polar surface area (TPSA) is 64.0 Å². The number of benzene rings is 1.